The second kappa shape index (κ2) is 7.39. The van der Waals surface area contributed by atoms with Crippen molar-refractivity contribution in [2.45, 2.75) is 25.3 Å². The van der Waals surface area contributed by atoms with Gasteiger partial charge >= 0.3 is 6.03 Å². The highest BCUT2D eigenvalue weighted by atomic mass is 35.5. The van der Waals surface area contributed by atoms with Crippen molar-refractivity contribution in [3.63, 3.8) is 0 Å². The summed E-state index contributed by atoms with van der Waals surface area (Å²) < 4.78 is 5.71. The Morgan fingerprint density at radius 1 is 1.45 bits per heavy atom. The molecule has 0 aromatic heterocycles. The summed E-state index contributed by atoms with van der Waals surface area (Å²) in [6, 6.07) is 7.96. The van der Waals surface area contributed by atoms with E-state index in [4.69, 9.17) is 16.3 Å². The number of benzene rings is 1. The first-order chi connectivity index (χ1) is 9.77. The highest BCUT2D eigenvalue weighted by Gasteiger charge is 2.29. The number of urea groups is 1. The third-order valence-corrected chi connectivity index (χ3v) is 3.74. The van der Waals surface area contributed by atoms with Crippen LogP contribution in [0.15, 0.2) is 24.3 Å². The van der Waals surface area contributed by atoms with Gasteiger partial charge in [0.15, 0.2) is 0 Å². The highest BCUT2D eigenvalue weighted by molar-refractivity contribution is 6.18. The van der Waals surface area contributed by atoms with Gasteiger partial charge in [-0.05, 0) is 25.3 Å². The molecule has 110 valence electrons. The molecule has 1 N–H and O–H groups in total. The van der Waals surface area contributed by atoms with Crippen LogP contribution in [-0.2, 0) is 0 Å². The number of carbonyl (C=O) groups excluding carboxylic acids is 1. The number of amides is 2. The molecule has 4 nitrogen and oxygen atoms in total. The van der Waals surface area contributed by atoms with Gasteiger partial charge in [0.25, 0.3) is 0 Å². The standard InChI is InChI=1S/C15H21ClN2O2/c1-17-15(19)18-10-5-4-7-13(18)12-6-2-3-8-14(12)20-11-9-16/h2-3,6,8,13H,4-5,7,9-11H2,1H3,(H,17,19). The van der Waals surface area contributed by atoms with E-state index in [1.54, 1.807) is 7.05 Å². The van der Waals surface area contributed by atoms with Crippen LogP contribution in [0, 0.1) is 0 Å². The second-order valence-electron chi connectivity index (χ2n) is 4.84. The summed E-state index contributed by atoms with van der Waals surface area (Å²) in [5, 5.41) is 2.72. The Morgan fingerprint density at radius 3 is 3.00 bits per heavy atom. The van der Waals surface area contributed by atoms with Crippen LogP contribution < -0.4 is 10.1 Å². The lowest BCUT2D eigenvalue weighted by atomic mass is 9.95. The lowest BCUT2D eigenvalue weighted by molar-refractivity contribution is 0.151. The van der Waals surface area contributed by atoms with Gasteiger partial charge in [-0.25, -0.2) is 4.79 Å². The zero-order valence-electron chi connectivity index (χ0n) is 11.8. The van der Waals surface area contributed by atoms with E-state index in [2.05, 4.69) is 5.32 Å². The molecule has 1 aliphatic heterocycles. The van der Waals surface area contributed by atoms with Crippen LogP contribution >= 0.6 is 11.6 Å². The van der Waals surface area contributed by atoms with E-state index in [1.807, 2.05) is 29.2 Å². The molecule has 0 radical (unpaired) electrons. The number of hydrogen-bond acceptors (Lipinski definition) is 2. The fourth-order valence-electron chi connectivity index (χ4n) is 2.68. The number of hydrogen-bond donors (Lipinski definition) is 1. The molecule has 1 unspecified atom stereocenters. The van der Waals surface area contributed by atoms with Crippen molar-refractivity contribution in [1.82, 2.24) is 10.2 Å². The Labute approximate surface area is 125 Å². The molecule has 5 heteroatoms. The maximum absolute atomic E-state index is 12.0. The molecule has 0 saturated carbocycles. The van der Waals surface area contributed by atoms with Crippen molar-refractivity contribution in [1.29, 1.82) is 0 Å². The van der Waals surface area contributed by atoms with Gasteiger partial charge < -0.3 is 15.0 Å². The predicted molar refractivity (Wildman–Crippen MR) is 80.4 cm³/mol. The van der Waals surface area contributed by atoms with Gasteiger partial charge in [0.05, 0.1) is 11.9 Å². The first-order valence-electron chi connectivity index (χ1n) is 7.04. The molecule has 0 aliphatic carbocycles. The number of nitrogens with zero attached hydrogens (tertiary/aromatic N) is 1. The normalized spacial score (nSPS) is 18.7. The van der Waals surface area contributed by atoms with E-state index in [9.17, 15) is 4.79 Å². The molecule has 2 amide bonds. The molecule has 1 aromatic carbocycles. The molecule has 1 atom stereocenters. The molecule has 1 fully saturated rings. The van der Waals surface area contributed by atoms with Gasteiger partial charge in [-0.15, -0.1) is 11.6 Å². The highest BCUT2D eigenvalue weighted by Crippen LogP contribution is 2.36. The molecule has 1 aromatic rings. The van der Waals surface area contributed by atoms with Crippen LogP contribution in [0.1, 0.15) is 30.9 Å². The van der Waals surface area contributed by atoms with Gasteiger partial charge in [-0.2, -0.15) is 0 Å². The van der Waals surface area contributed by atoms with Crippen molar-refractivity contribution >= 4 is 17.6 Å². The number of para-hydroxylation sites is 1. The maximum atomic E-state index is 12.0. The number of ether oxygens (including phenoxy) is 1. The lowest BCUT2D eigenvalue weighted by Gasteiger charge is -2.36. The number of alkyl halides is 1. The summed E-state index contributed by atoms with van der Waals surface area (Å²) in [6.45, 7) is 1.26. The number of rotatable bonds is 4. The molecular weight excluding hydrogens is 276 g/mol. The minimum Gasteiger partial charge on any atom is -0.492 e. The third kappa shape index (κ3) is 3.37. The number of carbonyl (C=O) groups is 1. The Morgan fingerprint density at radius 2 is 2.25 bits per heavy atom. The van der Waals surface area contributed by atoms with E-state index in [0.29, 0.717) is 12.5 Å². The molecule has 0 bridgehead atoms. The summed E-state index contributed by atoms with van der Waals surface area (Å²) >= 11 is 5.69. The zero-order valence-corrected chi connectivity index (χ0v) is 12.5. The first kappa shape index (κ1) is 15.0. The van der Waals surface area contributed by atoms with Crippen LogP contribution in [0.5, 0.6) is 5.75 Å². The van der Waals surface area contributed by atoms with Crippen molar-refractivity contribution in [2.24, 2.45) is 0 Å². The Kier molecular flexibility index (Phi) is 5.53. The first-order valence-corrected chi connectivity index (χ1v) is 7.57. The zero-order chi connectivity index (χ0) is 14.4. The Hall–Kier alpha value is -1.42. The van der Waals surface area contributed by atoms with Crippen LogP contribution in [0.2, 0.25) is 0 Å². The van der Waals surface area contributed by atoms with Crippen molar-refractivity contribution in [3.8, 4) is 5.75 Å². The van der Waals surface area contributed by atoms with E-state index in [1.165, 1.54) is 0 Å². The minimum absolute atomic E-state index is 0.0261. The SMILES string of the molecule is CNC(=O)N1CCCCC1c1ccccc1OCCCl. The molecule has 1 heterocycles. The molecule has 20 heavy (non-hydrogen) atoms. The van der Waals surface area contributed by atoms with Crippen LogP contribution in [0.25, 0.3) is 0 Å². The minimum atomic E-state index is -0.0261. The van der Waals surface area contributed by atoms with Crippen molar-refractivity contribution in [2.75, 3.05) is 26.1 Å². The number of likely N-dealkylation sites (tertiary alicyclic amines) is 1. The molecule has 0 spiro atoms. The van der Waals surface area contributed by atoms with Gasteiger partial charge in [0.1, 0.15) is 12.4 Å². The van der Waals surface area contributed by atoms with Gasteiger partial charge in [-0.1, -0.05) is 18.2 Å². The summed E-state index contributed by atoms with van der Waals surface area (Å²) in [5.41, 5.74) is 1.07. The van der Waals surface area contributed by atoms with Crippen LogP contribution in [-0.4, -0.2) is 37.0 Å². The van der Waals surface area contributed by atoms with E-state index in [0.717, 1.165) is 37.1 Å². The average molecular weight is 297 g/mol. The lowest BCUT2D eigenvalue weighted by Crippen LogP contribution is -2.43. The number of nitrogens with one attached hydrogen (secondary N) is 1. The van der Waals surface area contributed by atoms with Gasteiger partial charge in [-0.3, -0.25) is 0 Å². The summed E-state index contributed by atoms with van der Waals surface area (Å²) in [5.74, 6) is 1.28. The van der Waals surface area contributed by atoms with E-state index in [-0.39, 0.29) is 12.1 Å². The summed E-state index contributed by atoms with van der Waals surface area (Å²) in [4.78, 5) is 13.9. The van der Waals surface area contributed by atoms with Crippen molar-refractivity contribution in [3.05, 3.63) is 29.8 Å². The fraction of sp³-hybridized carbons (Fsp3) is 0.533. The Balaban J connectivity index is 2.25. The maximum Gasteiger partial charge on any atom is 0.317 e. The second-order valence-corrected chi connectivity index (χ2v) is 5.21. The average Bonchev–Trinajstić information content (AvgIpc) is 2.52. The number of halogens is 1. The number of piperidine rings is 1. The molecular formula is C15H21ClN2O2. The molecule has 1 aliphatic rings. The Bertz CT molecular complexity index is 453. The summed E-state index contributed by atoms with van der Waals surface area (Å²) in [6.07, 6.45) is 3.14. The van der Waals surface area contributed by atoms with E-state index >= 15 is 0 Å². The van der Waals surface area contributed by atoms with Crippen molar-refractivity contribution < 1.29 is 9.53 Å². The monoisotopic (exact) mass is 296 g/mol. The topological polar surface area (TPSA) is 41.6 Å². The molecule has 1 saturated heterocycles. The third-order valence-electron chi connectivity index (χ3n) is 3.59. The smallest absolute Gasteiger partial charge is 0.317 e. The van der Waals surface area contributed by atoms with Gasteiger partial charge in [0, 0.05) is 19.2 Å². The fourth-order valence-corrected chi connectivity index (χ4v) is 2.75. The summed E-state index contributed by atoms with van der Waals surface area (Å²) in [7, 11) is 1.67. The van der Waals surface area contributed by atoms with Crippen LogP contribution in [0.3, 0.4) is 0 Å². The van der Waals surface area contributed by atoms with Gasteiger partial charge in [0.2, 0.25) is 0 Å². The quantitative estimate of drug-likeness (QED) is 0.867. The molecule has 2 rings (SSSR count). The largest absolute Gasteiger partial charge is 0.492 e. The van der Waals surface area contributed by atoms with E-state index < -0.39 is 0 Å². The van der Waals surface area contributed by atoms with Crippen LogP contribution in [0.4, 0.5) is 4.79 Å². The predicted octanol–water partition coefficient (Wildman–Crippen LogP) is 3.17.